The van der Waals surface area contributed by atoms with Crippen molar-refractivity contribution in [3.05, 3.63) is 0 Å². The lowest BCUT2D eigenvalue weighted by molar-refractivity contribution is -0.142. The average Bonchev–Trinajstić information content (AvgIpc) is 2.62. The first-order valence-electron chi connectivity index (χ1n) is 9.42. The summed E-state index contributed by atoms with van der Waals surface area (Å²) in [5.41, 5.74) is 0. The van der Waals surface area contributed by atoms with Crippen molar-refractivity contribution in [2.45, 2.75) is 57.7 Å². The molecule has 0 saturated heterocycles. The number of unbranched alkanes of at least 4 members (excludes halogenated alkanes) is 1. The van der Waals surface area contributed by atoms with Crippen LogP contribution in [-0.4, -0.2) is 73.7 Å². The van der Waals surface area contributed by atoms with Gasteiger partial charge in [0.25, 0.3) is 0 Å². The number of carboxylic acids is 1. The van der Waals surface area contributed by atoms with E-state index >= 15 is 0 Å². The van der Waals surface area contributed by atoms with Crippen LogP contribution in [-0.2, 0) is 14.4 Å². The Kier molecular flexibility index (Phi) is 14.0. The lowest BCUT2D eigenvalue weighted by Gasteiger charge is -2.26. The highest BCUT2D eigenvalue weighted by Gasteiger charge is 2.30. The van der Waals surface area contributed by atoms with Crippen molar-refractivity contribution in [1.82, 2.24) is 21.3 Å². The van der Waals surface area contributed by atoms with Crippen LogP contribution in [0, 0.1) is 5.92 Å². The minimum atomic E-state index is -1.06. The van der Waals surface area contributed by atoms with Crippen LogP contribution < -0.4 is 21.3 Å². The van der Waals surface area contributed by atoms with Gasteiger partial charge in [0.05, 0.1) is 6.04 Å². The van der Waals surface area contributed by atoms with E-state index < -0.39 is 24.0 Å². The number of nitrogens with one attached hydrogen (secondary N) is 4. The molecule has 0 aromatic carbocycles. The predicted octanol–water partition coefficient (Wildman–Crippen LogP) is 0.427. The molecule has 9 heteroatoms. The van der Waals surface area contributed by atoms with E-state index in [1.165, 1.54) is 0 Å². The van der Waals surface area contributed by atoms with E-state index in [2.05, 4.69) is 21.3 Å². The Labute approximate surface area is 167 Å². The van der Waals surface area contributed by atoms with Crippen molar-refractivity contribution in [3.63, 3.8) is 0 Å². The number of carbonyl (C=O) groups excluding carboxylic acids is 2. The summed E-state index contributed by atoms with van der Waals surface area (Å²) < 4.78 is 0. The number of thioether (sulfide) groups is 1. The zero-order chi connectivity index (χ0) is 20.8. The Morgan fingerprint density at radius 1 is 0.963 bits per heavy atom. The summed E-state index contributed by atoms with van der Waals surface area (Å²) in [4.78, 5) is 36.6. The average molecular weight is 405 g/mol. The topological polar surface area (TPSA) is 120 Å². The molecule has 0 radical (unpaired) electrons. The van der Waals surface area contributed by atoms with Gasteiger partial charge in [0.1, 0.15) is 12.1 Å². The van der Waals surface area contributed by atoms with Crippen molar-refractivity contribution in [1.29, 1.82) is 0 Å². The molecule has 5 N–H and O–H groups in total. The molecule has 0 aromatic rings. The molecule has 0 heterocycles. The second kappa shape index (κ2) is 14.7. The van der Waals surface area contributed by atoms with Crippen molar-refractivity contribution in [2.24, 2.45) is 5.92 Å². The van der Waals surface area contributed by atoms with Gasteiger partial charge >= 0.3 is 5.97 Å². The van der Waals surface area contributed by atoms with Crippen LogP contribution in [0.4, 0.5) is 0 Å². The Morgan fingerprint density at radius 3 is 2.11 bits per heavy atom. The molecule has 0 spiro atoms. The van der Waals surface area contributed by atoms with Gasteiger partial charge in [-0.05, 0) is 64.2 Å². The van der Waals surface area contributed by atoms with Crippen LogP contribution in [0.2, 0.25) is 0 Å². The third-order valence-corrected chi connectivity index (χ3v) is 4.95. The van der Waals surface area contributed by atoms with Crippen molar-refractivity contribution in [2.75, 3.05) is 32.6 Å². The lowest BCUT2D eigenvalue weighted by atomic mass is 10.0. The molecule has 3 atom stereocenters. The number of rotatable bonds is 15. The van der Waals surface area contributed by atoms with E-state index in [1.807, 2.05) is 27.2 Å². The molecule has 0 bridgehead atoms. The summed E-state index contributed by atoms with van der Waals surface area (Å²) in [6, 6.07) is -2.12. The van der Waals surface area contributed by atoms with Gasteiger partial charge in [0.2, 0.25) is 11.8 Å². The standard InChI is InChI=1S/C18H36N4O4S/c1-12(2)15(22-16(23)13(20-4)9-11-27-5)17(24)21-14(18(25)26)8-6-7-10-19-3/h12-15,19-20H,6-11H2,1-5H3,(H,21,24)(H,22,23)(H,25,26)/t13-,14-,15-/m0/s1. The highest BCUT2D eigenvalue weighted by Crippen LogP contribution is 2.07. The third-order valence-electron chi connectivity index (χ3n) is 4.31. The van der Waals surface area contributed by atoms with Gasteiger partial charge in [0.15, 0.2) is 0 Å². The molecule has 0 aliphatic rings. The first-order chi connectivity index (χ1) is 12.8. The number of hydrogen-bond donors (Lipinski definition) is 5. The van der Waals surface area contributed by atoms with E-state index in [9.17, 15) is 19.5 Å². The molecule has 8 nitrogen and oxygen atoms in total. The summed E-state index contributed by atoms with van der Waals surface area (Å²) in [6.45, 7) is 4.44. The largest absolute Gasteiger partial charge is 0.480 e. The molecule has 158 valence electrons. The second-order valence-corrected chi connectivity index (χ2v) is 7.84. The Balaban J connectivity index is 4.88. The van der Waals surface area contributed by atoms with Crippen LogP contribution >= 0.6 is 11.8 Å². The van der Waals surface area contributed by atoms with Crippen molar-refractivity contribution < 1.29 is 19.5 Å². The van der Waals surface area contributed by atoms with E-state index in [1.54, 1.807) is 18.8 Å². The second-order valence-electron chi connectivity index (χ2n) is 6.85. The van der Waals surface area contributed by atoms with Crippen molar-refractivity contribution in [3.8, 4) is 0 Å². The fourth-order valence-corrected chi connectivity index (χ4v) is 3.07. The van der Waals surface area contributed by atoms with E-state index in [0.29, 0.717) is 19.3 Å². The first-order valence-corrected chi connectivity index (χ1v) is 10.8. The SMILES string of the molecule is CNCCCC[C@H](NC(=O)[C@@H](NC(=O)[C@H](CCSC)NC)C(C)C)C(=O)O. The number of aliphatic carboxylic acids is 1. The number of carboxylic acid groups (broad SMARTS) is 1. The van der Waals surface area contributed by atoms with E-state index in [4.69, 9.17) is 0 Å². The van der Waals surface area contributed by atoms with Gasteiger partial charge < -0.3 is 26.4 Å². The molecule has 0 aromatic heterocycles. The maximum Gasteiger partial charge on any atom is 0.326 e. The summed E-state index contributed by atoms with van der Waals surface area (Å²) >= 11 is 1.65. The van der Waals surface area contributed by atoms with Crippen LogP contribution in [0.5, 0.6) is 0 Å². The highest BCUT2D eigenvalue weighted by molar-refractivity contribution is 7.98. The molecular weight excluding hydrogens is 368 g/mol. The monoisotopic (exact) mass is 404 g/mol. The van der Waals surface area contributed by atoms with Gasteiger partial charge in [0, 0.05) is 0 Å². The van der Waals surface area contributed by atoms with Gasteiger partial charge in [-0.15, -0.1) is 0 Å². The van der Waals surface area contributed by atoms with E-state index in [0.717, 1.165) is 18.7 Å². The maximum atomic E-state index is 12.6. The molecule has 2 amide bonds. The minimum Gasteiger partial charge on any atom is -0.480 e. The summed E-state index contributed by atoms with van der Waals surface area (Å²) in [5.74, 6) is -1.11. The zero-order valence-electron chi connectivity index (χ0n) is 17.1. The Morgan fingerprint density at radius 2 is 1.63 bits per heavy atom. The summed E-state index contributed by atoms with van der Waals surface area (Å²) in [5, 5.41) is 20.7. The smallest absolute Gasteiger partial charge is 0.326 e. The fraction of sp³-hybridized carbons (Fsp3) is 0.833. The Hall–Kier alpha value is -1.32. The van der Waals surface area contributed by atoms with Gasteiger partial charge in [-0.1, -0.05) is 13.8 Å². The number of likely N-dealkylation sites (N-methyl/N-ethyl adjacent to an activating group) is 1. The lowest BCUT2D eigenvalue weighted by Crippen LogP contribution is -2.56. The third kappa shape index (κ3) is 10.6. The first kappa shape index (κ1) is 25.7. The van der Waals surface area contributed by atoms with Crippen LogP contribution in [0.25, 0.3) is 0 Å². The van der Waals surface area contributed by atoms with Crippen molar-refractivity contribution >= 4 is 29.5 Å². The molecule has 0 fully saturated rings. The minimum absolute atomic E-state index is 0.161. The number of carbonyl (C=O) groups is 3. The normalized spacial score (nSPS) is 14.4. The molecular formula is C18H36N4O4S. The van der Waals surface area contributed by atoms with Gasteiger partial charge in [-0.2, -0.15) is 11.8 Å². The molecule has 0 rings (SSSR count). The highest BCUT2D eigenvalue weighted by atomic mass is 32.2. The molecule has 0 aliphatic carbocycles. The summed E-state index contributed by atoms with van der Waals surface area (Å²) in [7, 11) is 3.55. The molecule has 0 saturated carbocycles. The summed E-state index contributed by atoms with van der Waals surface area (Å²) in [6.07, 6.45) is 4.50. The Bertz CT molecular complexity index is 463. The quantitative estimate of drug-likeness (QED) is 0.251. The number of amides is 2. The number of hydrogen-bond acceptors (Lipinski definition) is 6. The molecule has 0 aliphatic heterocycles. The van der Waals surface area contributed by atoms with E-state index in [-0.39, 0.29) is 17.9 Å². The zero-order valence-corrected chi connectivity index (χ0v) is 17.9. The maximum absolute atomic E-state index is 12.6. The molecule has 0 unspecified atom stereocenters. The van der Waals surface area contributed by atoms with Gasteiger partial charge in [-0.3, -0.25) is 9.59 Å². The predicted molar refractivity (Wildman–Crippen MR) is 110 cm³/mol. The van der Waals surface area contributed by atoms with Crippen LogP contribution in [0.15, 0.2) is 0 Å². The van der Waals surface area contributed by atoms with Gasteiger partial charge in [-0.25, -0.2) is 4.79 Å². The van der Waals surface area contributed by atoms with Crippen LogP contribution in [0.1, 0.15) is 39.5 Å². The fourth-order valence-electron chi connectivity index (χ4n) is 2.60. The molecule has 27 heavy (non-hydrogen) atoms. The van der Waals surface area contributed by atoms with Crippen LogP contribution in [0.3, 0.4) is 0 Å².